The molecular weight excluding hydrogens is 232 g/mol. The van der Waals surface area contributed by atoms with Crippen molar-refractivity contribution in [3.8, 4) is 0 Å². The van der Waals surface area contributed by atoms with Gasteiger partial charge >= 0.3 is 0 Å². The van der Waals surface area contributed by atoms with E-state index in [4.69, 9.17) is 0 Å². The fourth-order valence-corrected chi connectivity index (χ4v) is 2.16. The smallest absolute Gasteiger partial charge is 0.0753 e. The van der Waals surface area contributed by atoms with E-state index in [1.54, 1.807) is 0 Å². The van der Waals surface area contributed by atoms with Gasteiger partial charge in [-0.15, -0.1) is 6.58 Å². The Morgan fingerprint density at radius 2 is 1.95 bits per heavy atom. The number of hydrogen-bond donors (Lipinski definition) is 1. The van der Waals surface area contributed by atoms with Crippen molar-refractivity contribution in [3.63, 3.8) is 0 Å². The Morgan fingerprint density at radius 1 is 1.21 bits per heavy atom. The summed E-state index contributed by atoms with van der Waals surface area (Å²) in [4.78, 5) is 0. The highest BCUT2D eigenvalue weighted by Gasteiger charge is 2.05. The zero-order chi connectivity index (χ0) is 13.7. The molecule has 0 aromatic heterocycles. The van der Waals surface area contributed by atoms with E-state index in [0.29, 0.717) is 0 Å². The normalized spacial score (nSPS) is 13.5. The van der Waals surface area contributed by atoms with Crippen LogP contribution in [0.5, 0.6) is 0 Å². The van der Waals surface area contributed by atoms with Crippen LogP contribution < -0.4 is 0 Å². The first kappa shape index (κ1) is 13.6. The molecule has 19 heavy (non-hydrogen) atoms. The van der Waals surface area contributed by atoms with Crippen LogP contribution in [-0.2, 0) is 0 Å². The summed E-state index contributed by atoms with van der Waals surface area (Å²) < 4.78 is 0. The third-order valence-corrected chi connectivity index (χ3v) is 3.34. The second-order valence-electron chi connectivity index (χ2n) is 4.88. The summed E-state index contributed by atoms with van der Waals surface area (Å²) in [5.74, 6) is 0. The van der Waals surface area contributed by atoms with Gasteiger partial charge in [0.25, 0.3) is 0 Å². The first-order valence-corrected chi connectivity index (χ1v) is 6.66. The van der Waals surface area contributed by atoms with Gasteiger partial charge in [0.15, 0.2) is 0 Å². The van der Waals surface area contributed by atoms with Crippen LogP contribution in [0.3, 0.4) is 0 Å². The molecule has 0 fully saturated rings. The van der Waals surface area contributed by atoms with Crippen LogP contribution in [0.2, 0.25) is 0 Å². The molecule has 98 valence electrons. The number of rotatable bonds is 5. The van der Waals surface area contributed by atoms with Crippen molar-refractivity contribution in [2.75, 3.05) is 0 Å². The molecule has 0 heterocycles. The van der Waals surface area contributed by atoms with E-state index in [0.717, 1.165) is 24.0 Å². The van der Waals surface area contributed by atoms with Crippen LogP contribution in [0.25, 0.3) is 16.8 Å². The Balaban J connectivity index is 2.21. The van der Waals surface area contributed by atoms with Crippen molar-refractivity contribution < 1.29 is 5.11 Å². The largest absolute Gasteiger partial charge is 0.389 e. The monoisotopic (exact) mass is 252 g/mol. The number of fused-ring (bicyclic) bond motifs is 1. The Kier molecular flexibility index (Phi) is 4.53. The van der Waals surface area contributed by atoms with Gasteiger partial charge < -0.3 is 5.11 Å². The number of benzene rings is 2. The third-order valence-electron chi connectivity index (χ3n) is 3.34. The molecule has 1 N–H and O–H groups in total. The van der Waals surface area contributed by atoms with Gasteiger partial charge in [0.05, 0.1) is 6.10 Å². The molecule has 0 aliphatic rings. The van der Waals surface area contributed by atoms with Gasteiger partial charge in [-0.2, -0.15) is 0 Å². The maximum atomic E-state index is 10.0. The SMILES string of the molecule is C=CCCC(O)C(C)=Cc1ccc2ccccc2c1. The average molecular weight is 252 g/mol. The van der Waals surface area contributed by atoms with E-state index < -0.39 is 0 Å². The standard InChI is InChI=1S/C18H20O/c1-3-4-9-18(19)14(2)12-15-10-11-16-7-5-6-8-17(16)13-15/h3,5-8,10-13,18-19H,1,4,9H2,2H3. The van der Waals surface area contributed by atoms with E-state index in [9.17, 15) is 5.11 Å². The number of hydrogen-bond acceptors (Lipinski definition) is 1. The minimum absolute atomic E-state index is 0.385. The Labute approximate surface area is 114 Å². The topological polar surface area (TPSA) is 20.2 Å². The highest BCUT2D eigenvalue weighted by Crippen LogP contribution is 2.19. The minimum Gasteiger partial charge on any atom is -0.389 e. The van der Waals surface area contributed by atoms with Crippen molar-refractivity contribution in [3.05, 3.63) is 66.3 Å². The molecule has 2 rings (SSSR count). The molecule has 1 heteroatoms. The van der Waals surface area contributed by atoms with Gasteiger partial charge in [-0.3, -0.25) is 0 Å². The van der Waals surface area contributed by atoms with Crippen molar-refractivity contribution in [1.82, 2.24) is 0 Å². The van der Waals surface area contributed by atoms with Gasteiger partial charge in [0.1, 0.15) is 0 Å². The molecule has 1 nitrogen and oxygen atoms in total. The van der Waals surface area contributed by atoms with E-state index in [2.05, 4.69) is 43.0 Å². The highest BCUT2D eigenvalue weighted by atomic mass is 16.3. The fourth-order valence-electron chi connectivity index (χ4n) is 2.16. The lowest BCUT2D eigenvalue weighted by molar-refractivity contribution is 0.203. The Morgan fingerprint density at radius 3 is 2.68 bits per heavy atom. The Hall–Kier alpha value is -1.86. The summed E-state index contributed by atoms with van der Waals surface area (Å²) >= 11 is 0. The van der Waals surface area contributed by atoms with E-state index in [1.165, 1.54) is 10.8 Å². The third kappa shape index (κ3) is 3.55. The second kappa shape index (κ2) is 6.35. The van der Waals surface area contributed by atoms with Crippen LogP contribution in [0.1, 0.15) is 25.3 Å². The molecule has 0 saturated carbocycles. The van der Waals surface area contributed by atoms with Crippen LogP contribution in [-0.4, -0.2) is 11.2 Å². The van der Waals surface area contributed by atoms with Gasteiger partial charge in [-0.05, 0) is 47.7 Å². The minimum atomic E-state index is -0.385. The summed E-state index contributed by atoms with van der Waals surface area (Å²) in [5.41, 5.74) is 2.13. The molecule has 0 aliphatic heterocycles. The van der Waals surface area contributed by atoms with E-state index >= 15 is 0 Å². The summed E-state index contributed by atoms with van der Waals surface area (Å²) in [6.45, 7) is 5.65. The molecule has 2 aromatic rings. The predicted molar refractivity (Wildman–Crippen MR) is 83.0 cm³/mol. The van der Waals surface area contributed by atoms with E-state index in [-0.39, 0.29) is 6.10 Å². The number of aliphatic hydroxyl groups is 1. The quantitative estimate of drug-likeness (QED) is 0.773. The number of allylic oxidation sites excluding steroid dienone is 1. The molecule has 1 unspecified atom stereocenters. The van der Waals surface area contributed by atoms with Crippen molar-refractivity contribution in [1.29, 1.82) is 0 Å². The lowest BCUT2D eigenvalue weighted by Gasteiger charge is -2.10. The van der Waals surface area contributed by atoms with Crippen molar-refractivity contribution in [2.45, 2.75) is 25.9 Å². The summed E-state index contributed by atoms with van der Waals surface area (Å²) in [6, 6.07) is 14.7. The van der Waals surface area contributed by atoms with Crippen LogP contribution in [0, 0.1) is 0 Å². The summed E-state index contributed by atoms with van der Waals surface area (Å²) in [5, 5.41) is 12.5. The molecule has 0 bridgehead atoms. The maximum Gasteiger partial charge on any atom is 0.0753 e. The summed E-state index contributed by atoms with van der Waals surface area (Å²) in [6.07, 6.45) is 5.08. The predicted octanol–water partition coefficient (Wildman–Crippen LogP) is 4.57. The Bertz CT molecular complexity index is 595. The van der Waals surface area contributed by atoms with Crippen LogP contribution in [0.15, 0.2) is 60.7 Å². The van der Waals surface area contributed by atoms with E-state index in [1.807, 2.05) is 25.1 Å². The summed E-state index contributed by atoms with van der Waals surface area (Å²) in [7, 11) is 0. The molecule has 0 amide bonds. The highest BCUT2D eigenvalue weighted by molar-refractivity contribution is 5.84. The molecular formula is C18H20O. The average Bonchev–Trinajstić information content (AvgIpc) is 2.44. The van der Waals surface area contributed by atoms with Gasteiger partial charge in [-0.1, -0.05) is 48.6 Å². The lowest BCUT2D eigenvalue weighted by atomic mass is 10.0. The molecule has 0 saturated heterocycles. The van der Waals surface area contributed by atoms with Crippen molar-refractivity contribution >= 4 is 16.8 Å². The van der Waals surface area contributed by atoms with Crippen LogP contribution in [0.4, 0.5) is 0 Å². The van der Waals surface area contributed by atoms with Gasteiger partial charge in [0, 0.05) is 0 Å². The zero-order valence-electron chi connectivity index (χ0n) is 11.3. The fraction of sp³-hybridized carbons (Fsp3) is 0.222. The second-order valence-corrected chi connectivity index (χ2v) is 4.88. The maximum absolute atomic E-state index is 10.0. The first-order chi connectivity index (χ1) is 9.20. The van der Waals surface area contributed by atoms with Crippen molar-refractivity contribution in [2.24, 2.45) is 0 Å². The van der Waals surface area contributed by atoms with Gasteiger partial charge in [-0.25, -0.2) is 0 Å². The first-order valence-electron chi connectivity index (χ1n) is 6.66. The lowest BCUT2D eigenvalue weighted by Crippen LogP contribution is -2.07. The molecule has 2 aromatic carbocycles. The van der Waals surface area contributed by atoms with Crippen LogP contribution >= 0.6 is 0 Å². The molecule has 0 radical (unpaired) electrons. The number of aliphatic hydroxyl groups excluding tert-OH is 1. The molecule has 0 aliphatic carbocycles. The zero-order valence-corrected chi connectivity index (χ0v) is 11.3. The van der Waals surface area contributed by atoms with Gasteiger partial charge in [0.2, 0.25) is 0 Å². The molecule has 0 spiro atoms. The molecule has 1 atom stereocenters.